The maximum Gasteiger partial charge on any atom is 0.0129 e. The van der Waals surface area contributed by atoms with Gasteiger partial charge in [-0.3, -0.25) is 0 Å². The first-order valence-electron chi connectivity index (χ1n) is 3.26. The van der Waals surface area contributed by atoms with Gasteiger partial charge in [-0.2, -0.15) is 0 Å². The molecule has 0 bridgehead atoms. The molecule has 0 heteroatoms. The van der Waals surface area contributed by atoms with Gasteiger partial charge in [-0.1, -0.05) is 18.2 Å². The third-order valence-corrected chi connectivity index (χ3v) is 1.80. The summed E-state index contributed by atoms with van der Waals surface area (Å²) in [7, 11) is 0. The molecule has 0 heterocycles. The van der Waals surface area contributed by atoms with Crippen LogP contribution in [0, 0.1) is 5.92 Å². The zero-order chi connectivity index (χ0) is 6.10. The number of rotatable bonds is 0. The predicted molar refractivity (Wildman–Crippen MR) is 38.0 cm³/mol. The molecule has 2 aliphatic rings. The lowest BCUT2D eigenvalue weighted by atomic mass is 9.99. The summed E-state index contributed by atoms with van der Waals surface area (Å²) in [5.41, 5.74) is 4.53. The second kappa shape index (κ2) is 1.75. The van der Waals surface area contributed by atoms with Crippen LogP contribution in [0.1, 0.15) is 6.42 Å². The van der Waals surface area contributed by atoms with E-state index in [9.17, 15) is 0 Å². The summed E-state index contributed by atoms with van der Waals surface area (Å²) < 4.78 is 0. The lowest BCUT2D eigenvalue weighted by molar-refractivity contribution is 0.829. The Labute approximate surface area is 54.9 Å². The summed E-state index contributed by atoms with van der Waals surface area (Å²) >= 11 is 0. The fourth-order valence-corrected chi connectivity index (χ4v) is 1.27. The molecule has 0 nitrogen and oxygen atoms in total. The van der Waals surface area contributed by atoms with Gasteiger partial charge in [0.05, 0.1) is 0 Å². The van der Waals surface area contributed by atoms with E-state index in [0.717, 1.165) is 0 Å². The second-order valence-electron chi connectivity index (χ2n) is 2.41. The summed E-state index contributed by atoms with van der Waals surface area (Å²) in [5.74, 6) is 0.648. The Morgan fingerprint density at radius 1 is 1.56 bits per heavy atom. The molecule has 0 N–H and O–H groups in total. The molecule has 0 aromatic rings. The molecule has 0 aliphatic heterocycles. The van der Waals surface area contributed by atoms with Crippen LogP contribution in [0.15, 0.2) is 41.7 Å². The van der Waals surface area contributed by atoms with Crippen molar-refractivity contribution in [2.45, 2.75) is 6.42 Å². The molecule has 1 unspecified atom stereocenters. The standard InChI is InChI=1S/C9H8/c1-2-5-9-7-3-6-8(9)4-1/h1,3-6,9H,7H2. The van der Waals surface area contributed by atoms with Crippen molar-refractivity contribution in [3.8, 4) is 0 Å². The van der Waals surface area contributed by atoms with Gasteiger partial charge in [0.1, 0.15) is 0 Å². The highest BCUT2D eigenvalue weighted by molar-refractivity contribution is 5.36. The highest BCUT2D eigenvalue weighted by Crippen LogP contribution is 2.26. The molecule has 0 spiro atoms. The summed E-state index contributed by atoms with van der Waals surface area (Å²) in [4.78, 5) is 0. The van der Waals surface area contributed by atoms with Crippen LogP contribution in [-0.4, -0.2) is 0 Å². The smallest absolute Gasteiger partial charge is 0.0129 e. The van der Waals surface area contributed by atoms with Crippen LogP contribution in [0.3, 0.4) is 0 Å². The second-order valence-corrected chi connectivity index (χ2v) is 2.41. The minimum atomic E-state index is 0.648. The highest BCUT2D eigenvalue weighted by atomic mass is 14.2. The lowest BCUT2D eigenvalue weighted by Crippen LogP contribution is -1.92. The number of hydrogen-bond acceptors (Lipinski definition) is 0. The van der Waals surface area contributed by atoms with Crippen LogP contribution < -0.4 is 0 Å². The number of hydrogen-bond donors (Lipinski definition) is 0. The molecule has 0 radical (unpaired) electrons. The van der Waals surface area contributed by atoms with E-state index in [1.54, 1.807) is 0 Å². The number of allylic oxidation sites excluding steroid dienone is 5. The Balaban J connectivity index is 2.43. The minimum Gasteiger partial charge on any atom is -0.125 e. The molecular weight excluding hydrogens is 108 g/mol. The van der Waals surface area contributed by atoms with Crippen molar-refractivity contribution in [1.29, 1.82) is 0 Å². The van der Waals surface area contributed by atoms with Crippen molar-refractivity contribution in [2.24, 2.45) is 5.92 Å². The van der Waals surface area contributed by atoms with Crippen molar-refractivity contribution in [2.75, 3.05) is 0 Å². The molecule has 2 aliphatic carbocycles. The van der Waals surface area contributed by atoms with Gasteiger partial charge in [-0.15, -0.1) is 5.73 Å². The van der Waals surface area contributed by atoms with E-state index in [4.69, 9.17) is 0 Å². The van der Waals surface area contributed by atoms with Crippen LogP contribution in [0.2, 0.25) is 0 Å². The van der Waals surface area contributed by atoms with Gasteiger partial charge < -0.3 is 0 Å². The molecule has 0 fully saturated rings. The fourth-order valence-electron chi connectivity index (χ4n) is 1.27. The van der Waals surface area contributed by atoms with Crippen LogP contribution >= 0.6 is 0 Å². The summed E-state index contributed by atoms with van der Waals surface area (Å²) in [6.45, 7) is 0. The molecule has 0 saturated heterocycles. The molecule has 1 atom stereocenters. The van der Waals surface area contributed by atoms with Crippen LogP contribution in [0.5, 0.6) is 0 Å². The van der Waals surface area contributed by atoms with Crippen LogP contribution in [0.25, 0.3) is 0 Å². The van der Waals surface area contributed by atoms with Crippen molar-refractivity contribution in [3.63, 3.8) is 0 Å². The molecule has 0 aromatic carbocycles. The van der Waals surface area contributed by atoms with Crippen LogP contribution in [-0.2, 0) is 0 Å². The van der Waals surface area contributed by atoms with E-state index in [0.29, 0.717) is 5.92 Å². The topological polar surface area (TPSA) is 0 Å². The number of fused-ring (bicyclic) bond motifs is 1. The first kappa shape index (κ1) is 4.84. The highest BCUT2D eigenvalue weighted by Gasteiger charge is 2.12. The van der Waals surface area contributed by atoms with Crippen molar-refractivity contribution in [1.82, 2.24) is 0 Å². The van der Waals surface area contributed by atoms with E-state index in [2.05, 4.69) is 30.0 Å². The largest absolute Gasteiger partial charge is 0.125 e. The summed E-state index contributed by atoms with van der Waals surface area (Å²) in [6.07, 6.45) is 11.8. The van der Waals surface area contributed by atoms with E-state index < -0.39 is 0 Å². The van der Waals surface area contributed by atoms with Crippen molar-refractivity contribution >= 4 is 0 Å². The van der Waals surface area contributed by atoms with E-state index in [1.807, 2.05) is 6.08 Å². The van der Waals surface area contributed by atoms with Gasteiger partial charge in [-0.05, 0) is 24.1 Å². The summed E-state index contributed by atoms with van der Waals surface area (Å²) in [5, 5.41) is 0. The monoisotopic (exact) mass is 116 g/mol. The fraction of sp³-hybridized carbons (Fsp3) is 0.222. The Hall–Kier alpha value is -1.00. The van der Waals surface area contributed by atoms with E-state index in [-0.39, 0.29) is 0 Å². The van der Waals surface area contributed by atoms with Crippen molar-refractivity contribution in [3.05, 3.63) is 41.7 Å². The Bertz CT molecular complexity index is 235. The van der Waals surface area contributed by atoms with Gasteiger partial charge in [-0.25, -0.2) is 0 Å². The van der Waals surface area contributed by atoms with Gasteiger partial charge >= 0.3 is 0 Å². The molecule has 9 heavy (non-hydrogen) atoms. The summed E-state index contributed by atoms with van der Waals surface area (Å²) in [6, 6.07) is 0. The lowest BCUT2D eigenvalue weighted by Gasteiger charge is -2.04. The minimum absolute atomic E-state index is 0.648. The van der Waals surface area contributed by atoms with Gasteiger partial charge in [0.15, 0.2) is 0 Å². The zero-order valence-electron chi connectivity index (χ0n) is 5.17. The molecule has 0 amide bonds. The molecule has 44 valence electrons. The molecular formula is C9H8. The van der Waals surface area contributed by atoms with E-state index >= 15 is 0 Å². The Morgan fingerprint density at radius 2 is 2.56 bits per heavy atom. The Kier molecular flexibility index (Phi) is 0.941. The van der Waals surface area contributed by atoms with E-state index in [1.165, 1.54) is 12.0 Å². The third-order valence-electron chi connectivity index (χ3n) is 1.80. The van der Waals surface area contributed by atoms with Gasteiger partial charge in [0, 0.05) is 5.92 Å². The van der Waals surface area contributed by atoms with Crippen molar-refractivity contribution < 1.29 is 0 Å². The average Bonchev–Trinajstić information content (AvgIpc) is 2.33. The predicted octanol–water partition coefficient (Wildman–Crippen LogP) is 2.21. The maximum atomic E-state index is 3.09. The van der Waals surface area contributed by atoms with Crippen LogP contribution in [0.4, 0.5) is 0 Å². The average molecular weight is 116 g/mol. The first-order valence-corrected chi connectivity index (χ1v) is 3.26. The molecule has 0 aromatic heterocycles. The first-order chi connectivity index (χ1) is 4.47. The normalized spacial score (nSPS) is 28.4. The Morgan fingerprint density at radius 3 is 3.44 bits per heavy atom. The SMILES string of the molecule is C1=CC=C2C=CCC2C=1. The van der Waals surface area contributed by atoms with Gasteiger partial charge in [0.25, 0.3) is 0 Å². The quantitative estimate of drug-likeness (QED) is 0.426. The molecule has 0 saturated carbocycles. The van der Waals surface area contributed by atoms with Gasteiger partial charge in [0.2, 0.25) is 0 Å². The molecule has 2 rings (SSSR count). The maximum absolute atomic E-state index is 3.09. The zero-order valence-corrected chi connectivity index (χ0v) is 5.17. The third kappa shape index (κ3) is 0.684.